The van der Waals surface area contributed by atoms with Crippen molar-refractivity contribution in [2.45, 2.75) is 70.8 Å². The molecule has 0 spiro atoms. The molecule has 6 nitrogen and oxygen atoms in total. The number of carbonyl (C=O) groups excluding carboxylic acids is 1. The van der Waals surface area contributed by atoms with Gasteiger partial charge >= 0.3 is 6.09 Å². The van der Waals surface area contributed by atoms with Crippen molar-refractivity contribution in [3.63, 3.8) is 0 Å². The molecule has 3 aromatic carbocycles. The Kier molecular flexibility index (Phi) is 10.5. The molecule has 0 unspecified atom stereocenters. The van der Waals surface area contributed by atoms with Gasteiger partial charge in [0.1, 0.15) is 5.60 Å². The zero-order valence-electron chi connectivity index (χ0n) is 24.6. The normalized spacial score (nSPS) is 13.9. The zero-order valence-corrected chi connectivity index (χ0v) is 25.6. The van der Waals surface area contributed by atoms with Crippen molar-refractivity contribution < 1.29 is 19.2 Å². The summed E-state index contributed by atoms with van der Waals surface area (Å²) in [5.74, 6) is 0. The molecule has 0 radical (unpaired) electrons. The van der Waals surface area contributed by atoms with Gasteiger partial charge in [-0.2, -0.15) is 5.06 Å². The van der Waals surface area contributed by atoms with Crippen LogP contribution in [0.4, 0.5) is 4.79 Å². The van der Waals surface area contributed by atoms with Gasteiger partial charge in [0.05, 0.1) is 18.7 Å². The van der Waals surface area contributed by atoms with Gasteiger partial charge in [0, 0.05) is 6.54 Å². The van der Waals surface area contributed by atoms with E-state index in [1.807, 2.05) is 87.5 Å². The Bertz CT molecular complexity index is 1170. The third kappa shape index (κ3) is 7.92. The fourth-order valence-electron chi connectivity index (χ4n) is 5.03. The van der Waals surface area contributed by atoms with Crippen LogP contribution in [0, 0.1) is 0 Å². The van der Waals surface area contributed by atoms with Crippen LogP contribution < -0.4 is 15.7 Å². The Balaban J connectivity index is 2.03. The van der Waals surface area contributed by atoms with Crippen LogP contribution in [0.15, 0.2) is 104 Å². The molecule has 2 N–H and O–H groups in total. The first-order valence-corrected chi connectivity index (χ1v) is 15.6. The summed E-state index contributed by atoms with van der Waals surface area (Å²) >= 11 is 0. The van der Waals surface area contributed by atoms with Gasteiger partial charge in [-0.3, -0.25) is 0 Å². The number of amides is 1. The minimum Gasteiger partial charge on any atom is -0.444 e. The summed E-state index contributed by atoms with van der Waals surface area (Å²) in [6, 6.07) is 29.0. The standard InChI is InChI=1S/C33H44N2O4Si/c1-8-30(35(37)24-26-18-12-9-13-19-26)29(34-31(36)39-32(2,3)4)25-38-40(33(5,6)7,27-20-14-10-15-21-27)28-22-16-11-17-23-28/h8-23,29-30,37H,1,24-25H2,2-7H3,(H,34,36)/t29-,30+/m0/s1. The minimum absolute atomic E-state index is 0.134. The van der Waals surface area contributed by atoms with Gasteiger partial charge in [-0.15, -0.1) is 6.58 Å². The second kappa shape index (κ2) is 13.4. The van der Waals surface area contributed by atoms with Crippen molar-refractivity contribution in [2.75, 3.05) is 6.61 Å². The first kappa shape index (κ1) is 31.3. The van der Waals surface area contributed by atoms with Crippen LogP contribution >= 0.6 is 0 Å². The Labute approximate surface area is 240 Å². The second-order valence-electron chi connectivity index (χ2n) is 12.0. The van der Waals surface area contributed by atoms with Gasteiger partial charge in [0.15, 0.2) is 0 Å². The second-order valence-corrected chi connectivity index (χ2v) is 16.3. The Morgan fingerprint density at radius 1 is 0.900 bits per heavy atom. The van der Waals surface area contributed by atoms with Crippen molar-refractivity contribution in [1.29, 1.82) is 0 Å². The molecule has 0 heterocycles. The van der Waals surface area contributed by atoms with Crippen LogP contribution in [0.5, 0.6) is 0 Å². The van der Waals surface area contributed by atoms with E-state index in [9.17, 15) is 10.0 Å². The van der Waals surface area contributed by atoms with Gasteiger partial charge in [0.25, 0.3) is 8.32 Å². The van der Waals surface area contributed by atoms with Crippen molar-refractivity contribution in [1.82, 2.24) is 10.4 Å². The molecule has 0 aliphatic heterocycles. The molecule has 0 aliphatic carbocycles. The first-order valence-electron chi connectivity index (χ1n) is 13.7. The summed E-state index contributed by atoms with van der Waals surface area (Å²) in [5, 5.41) is 17.4. The lowest BCUT2D eigenvalue weighted by molar-refractivity contribution is -0.132. The quantitative estimate of drug-likeness (QED) is 0.174. The highest BCUT2D eigenvalue weighted by Crippen LogP contribution is 2.37. The summed E-state index contributed by atoms with van der Waals surface area (Å²) in [4.78, 5) is 13.0. The van der Waals surface area contributed by atoms with Gasteiger partial charge < -0.3 is 19.7 Å². The van der Waals surface area contributed by atoms with Crippen LogP contribution in [-0.4, -0.2) is 49.0 Å². The molecule has 0 saturated heterocycles. The molecule has 1 amide bonds. The molecule has 0 aliphatic rings. The SMILES string of the molecule is C=C[C@H]([C@H](CO[Si](c1ccccc1)(c1ccccc1)C(C)(C)C)NC(=O)OC(C)(C)C)N(O)Cc1ccccc1. The maximum Gasteiger partial charge on any atom is 0.408 e. The Hall–Kier alpha value is -3.23. The third-order valence-electron chi connectivity index (χ3n) is 6.78. The van der Waals surface area contributed by atoms with Crippen LogP contribution in [-0.2, 0) is 15.7 Å². The zero-order chi connectivity index (χ0) is 29.4. The lowest BCUT2D eigenvalue weighted by Gasteiger charge is -2.44. The van der Waals surface area contributed by atoms with Crippen molar-refractivity contribution >= 4 is 24.8 Å². The fraction of sp³-hybridized carbons (Fsp3) is 0.364. The van der Waals surface area contributed by atoms with E-state index < -0.39 is 32.1 Å². The average molecular weight is 561 g/mol. The maximum atomic E-state index is 13.0. The number of alkyl carbamates (subject to hydrolysis) is 1. The van der Waals surface area contributed by atoms with Crippen LogP contribution in [0.25, 0.3) is 0 Å². The number of hydrogen-bond donors (Lipinski definition) is 2. The van der Waals surface area contributed by atoms with Crippen LogP contribution in [0.1, 0.15) is 47.1 Å². The molecule has 7 heteroatoms. The smallest absolute Gasteiger partial charge is 0.408 e. The highest BCUT2D eigenvalue weighted by atomic mass is 28.4. The van der Waals surface area contributed by atoms with E-state index in [1.165, 1.54) is 5.06 Å². The molecule has 3 rings (SSSR count). The molecule has 214 valence electrons. The summed E-state index contributed by atoms with van der Waals surface area (Å²) in [7, 11) is -2.90. The molecule has 0 bridgehead atoms. The summed E-state index contributed by atoms with van der Waals surface area (Å²) in [5.41, 5.74) is 0.251. The van der Waals surface area contributed by atoms with E-state index in [1.54, 1.807) is 6.08 Å². The predicted molar refractivity (Wildman–Crippen MR) is 164 cm³/mol. The number of hydroxylamine groups is 2. The van der Waals surface area contributed by atoms with Gasteiger partial charge in [-0.1, -0.05) is 118 Å². The summed E-state index contributed by atoms with van der Waals surface area (Å²) in [6.07, 6.45) is 1.06. The fourth-order valence-corrected chi connectivity index (χ4v) is 9.62. The topological polar surface area (TPSA) is 71.0 Å². The molecule has 40 heavy (non-hydrogen) atoms. The van der Waals surface area contributed by atoms with E-state index in [4.69, 9.17) is 9.16 Å². The number of carbonyl (C=O) groups is 1. The summed E-state index contributed by atoms with van der Waals surface area (Å²) in [6.45, 7) is 16.4. The number of benzene rings is 3. The van der Waals surface area contributed by atoms with Gasteiger partial charge in [-0.05, 0) is 41.7 Å². The van der Waals surface area contributed by atoms with Crippen molar-refractivity contribution in [3.8, 4) is 0 Å². The Morgan fingerprint density at radius 3 is 1.80 bits per heavy atom. The molecular weight excluding hydrogens is 516 g/mol. The van der Waals surface area contributed by atoms with E-state index in [2.05, 4.69) is 56.9 Å². The van der Waals surface area contributed by atoms with Crippen molar-refractivity contribution in [2.24, 2.45) is 0 Å². The molecule has 0 aromatic heterocycles. The Morgan fingerprint density at radius 2 is 1.38 bits per heavy atom. The molecule has 0 saturated carbocycles. The number of rotatable bonds is 11. The molecule has 3 aromatic rings. The maximum absolute atomic E-state index is 13.0. The largest absolute Gasteiger partial charge is 0.444 e. The lowest BCUT2D eigenvalue weighted by atomic mass is 10.1. The van der Waals surface area contributed by atoms with Crippen LogP contribution in [0.3, 0.4) is 0 Å². The average Bonchev–Trinajstić information content (AvgIpc) is 2.89. The third-order valence-corrected chi connectivity index (χ3v) is 11.8. The highest BCUT2D eigenvalue weighted by Gasteiger charge is 2.50. The highest BCUT2D eigenvalue weighted by molar-refractivity contribution is 6.99. The van der Waals surface area contributed by atoms with E-state index in [0.29, 0.717) is 0 Å². The number of ether oxygens (including phenoxy) is 1. The summed E-state index contributed by atoms with van der Waals surface area (Å²) < 4.78 is 12.7. The minimum atomic E-state index is -2.90. The van der Waals surface area contributed by atoms with E-state index in [-0.39, 0.29) is 18.2 Å². The van der Waals surface area contributed by atoms with E-state index in [0.717, 1.165) is 15.9 Å². The molecule has 0 fully saturated rings. The first-order chi connectivity index (χ1) is 18.9. The van der Waals surface area contributed by atoms with Crippen LogP contribution in [0.2, 0.25) is 5.04 Å². The predicted octanol–water partition coefficient (Wildman–Crippen LogP) is 5.90. The van der Waals surface area contributed by atoms with E-state index >= 15 is 0 Å². The molecular formula is C33H44N2O4Si. The number of nitrogens with one attached hydrogen (secondary N) is 1. The van der Waals surface area contributed by atoms with Gasteiger partial charge in [-0.25, -0.2) is 4.79 Å². The monoisotopic (exact) mass is 560 g/mol. The number of hydrogen-bond acceptors (Lipinski definition) is 5. The van der Waals surface area contributed by atoms with Crippen molar-refractivity contribution in [3.05, 3.63) is 109 Å². The van der Waals surface area contributed by atoms with Gasteiger partial charge in [0.2, 0.25) is 0 Å². The lowest BCUT2D eigenvalue weighted by Crippen LogP contribution is -2.68. The molecule has 2 atom stereocenters. The number of nitrogens with zero attached hydrogens (tertiary/aromatic N) is 1.